The van der Waals surface area contributed by atoms with E-state index in [4.69, 9.17) is 0 Å². The van der Waals surface area contributed by atoms with Gasteiger partial charge in [0.05, 0.1) is 0 Å². The van der Waals surface area contributed by atoms with Crippen molar-refractivity contribution in [3.63, 3.8) is 0 Å². The molecule has 21 heavy (non-hydrogen) atoms. The van der Waals surface area contributed by atoms with Crippen LogP contribution in [0.2, 0.25) is 0 Å². The van der Waals surface area contributed by atoms with Crippen molar-refractivity contribution >= 4 is 0 Å². The second-order valence-corrected chi connectivity index (χ2v) is 7.77. The van der Waals surface area contributed by atoms with Gasteiger partial charge in [-0.15, -0.1) is 0 Å². The molecule has 0 aliphatic heterocycles. The van der Waals surface area contributed by atoms with E-state index in [0.717, 1.165) is 12.5 Å². The van der Waals surface area contributed by atoms with Crippen molar-refractivity contribution in [3.8, 4) is 0 Å². The molecular formula is C18H39N3. The number of nitrogens with zero attached hydrogens (tertiary/aromatic N) is 2. The molecule has 3 heteroatoms. The third kappa shape index (κ3) is 6.25. The molecule has 1 aliphatic carbocycles. The van der Waals surface area contributed by atoms with E-state index in [-0.39, 0.29) is 0 Å². The van der Waals surface area contributed by atoms with Gasteiger partial charge < -0.3 is 15.1 Å². The van der Waals surface area contributed by atoms with Gasteiger partial charge in [0.25, 0.3) is 0 Å². The maximum absolute atomic E-state index is 3.84. The van der Waals surface area contributed by atoms with Crippen LogP contribution in [0.5, 0.6) is 0 Å². The Labute approximate surface area is 133 Å². The van der Waals surface area contributed by atoms with Crippen molar-refractivity contribution in [2.75, 3.05) is 46.8 Å². The third-order valence-corrected chi connectivity index (χ3v) is 5.11. The number of rotatable bonds is 10. The minimum absolute atomic E-state index is 0.461. The van der Waals surface area contributed by atoms with Crippen molar-refractivity contribution in [2.24, 2.45) is 11.3 Å². The van der Waals surface area contributed by atoms with E-state index in [0.29, 0.717) is 11.5 Å². The molecule has 1 rings (SSSR count). The molecule has 1 N–H and O–H groups in total. The summed E-state index contributed by atoms with van der Waals surface area (Å²) in [5.74, 6) is 0.825. The van der Waals surface area contributed by atoms with Crippen molar-refractivity contribution < 1.29 is 0 Å². The number of hydrogen-bond acceptors (Lipinski definition) is 3. The highest BCUT2D eigenvalue weighted by molar-refractivity contribution is 4.97. The fourth-order valence-corrected chi connectivity index (χ4v) is 3.78. The van der Waals surface area contributed by atoms with Crippen LogP contribution in [0, 0.1) is 11.3 Å². The second kappa shape index (κ2) is 9.12. The van der Waals surface area contributed by atoms with Crippen LogP contribution in [0.25, 0.3) is 0 Å². The molecule has 2 unspecified atom stereocenters. The molecule has 2 atom stereocenters. The van der Waals surface area contributed by atoms with E-state index in [2.05, 4.69) is 56.9 Å². The van der Waals surface area contributed by atoms with Crippen LogP contribution in [-0.4, -0.2) is 62.7 Å². The van der Waals surface area contributed by atoms with Gasteiger partial charge in [0.15, 0.2) is 0 Å². The minimum Gasteiger partial charge on any atom is -0.313 e. The molecule has 3 nitrogen and oxygen atoms in total. The first-order valence-corrected chi connectivity index (χ1v) is 9.01. The fourth-order valence-electron chi connectivity index (χ4n) is 3.78. The van der Waals surface area contributed by atoms with Crippen molar-refractivity contribution in [1.29, 1.82) is 0 Å². The highest BCUT2D eigenvalue weighted by atomic mass is 15.1. The van der Waals surface area contributed by atoms with Crippen LogP contribution < -0.4 is 5.32 Å². The minimum atomic E-state index is 0.461. The lowest BCUT2D eigenvalue weighted by Gasteiger charge is -2.34. The number of nitrogens with one attached hydrogen (secondary N) is 1. The Morgan fingerprint density at radius 3 is 2.43 bits per heavy atom. The molecule has 1 saturated carbocycles. The van der Waals surface area contributed by atoms with E-state index in [1.165, 1.54) is 51.9 Å². The van der Waals surface area contributed by atoms with E-state index in [1.54, 1.807) is 0 Å². The Hall–Kier alpha value is -0.120. The van der Waals surface area contributed by atoms with Gasteiger partial charge in [-0.3, -0.25) is 0 Å². The quantitative estimate of drug-likeness (QED) is 0.668. The average molecular weight is 298 g/mol. The molecule has 0 bridgehead atoms. The summed E-state index contributed by atoms with van der Waals surface area (Å²) >= 11 is 0. The van der Waals surface area contributed by atoms with E-state index < -0.39 is 0 Å². The molecule has 1 aliphatic rings. The molecule has 0 aromatic heterocycles. The van der Waals surface area contributed by atoms with Crippen LogP contribution in [0.1, 0.15) is 53.4 Å². The summed E-state index contributed by atoms with van der Waals surface area (Å²) in [6.07, 6.45) is 5.27. The largest absolute Gasteiger partial charge is 0.313 e. The van der Waals surface area contributed by atoms with Gasteiger partial charge >= 0.3 is 0 Å². The van der Waals surface area contributed by atoms with Crippen LogP contribution in [-0.2, 0) is 0 Å². The SMILES string of the molecule is CCCNC1C(CN(CC)CCCN(C)C)CCC1(C)C. The first-order valence-electron chi connectivity index (χ1n) is 9.01. The Balaban J connectivity index is 2.49. The summed E-state index contributed by atoms with van der Waals surface area (Å²) in [4.78, 5) is 4.95. The average Bonchev–Trinajstić information content (AvgIpc) is 2.69. The molecule has 0 saturated heterocycles. The second-order valence-electron chi connectivity index (χ2n) is 7.77. The molecule has 0 amide bonds. The molecule has 0 spiro atoms. The lowest BCUT2D eigenvalue weighted by atomic mass is 9.84. The van der Waals surface area contributed by atoms with Gasteiger partial charge in [-0.2, -0.15) is 0 Å². The smallest absolute Gasteiger partial charge is 0.0159 e. The highest BCUT2D eigenvalue weighted by Gasteiger charge is 2.41. The number of hydrogen-bond donors (Lipinski definition) is 1. The Bertz CT molecular complexity index is 276. The van der Waals surface area contributed by atoms with E-state index in [1.807, 2.05) is 0 Å². The zero-order chi connectivity index (χ0) is 15.9. The standard InChI is InChI=1S/C18H39N3/c1-7-12-19-17-16(10-11-18(17,3)4)15-21(8-2)14-9-13-20(5)6/h16-17,19H,7-15H2,1-6H3. The summed E-state index contributed by atoms with van der Waals surface area (Å²) in [5.41, 5.74) is 0.461. The van der Waals surface area contributed by atoms with Gasteiger partial charge in [0.1, 0.15) is 0 Å². The first-order chi connectivity index (χ1) is 9.90. The molecule has 126 valence electrons. The zero-order valence-corrected chi connectivity index (χ0v) is 15.4. The van der Waals surface area contributed by atoms with Crippen molar-refractivity contribution in [3.05, 3.63) is 0 Å². The Kier molecular flexibility index (Phi) is 8.22. The van der Waals surface area contributed by atoms with E-state index in [9.17, 15) is 0 Å². The van der Waals surface area contributed by atoms with Gasteiger partial charge in [-0.05, 0) is 77.3 Å². The van der Waals surface area contributed by atoms with Crippen molar-refractivity contribution in [2.45, 2.75) is 59.4 Å². The Morgan fingerprint density at radius 2 is 1.86 bits per heavy atom. The van der Waals surface area contributed by atoms with Gasteiger partial charge in [-0.1, -0.05) is 27.7 Å². The van der Waals surface area contributed by atoms with Gasteiger partial charge in [0, 0.05) is 12.6 Å². The molecule has 0 aromatic carbocycles. The third-order valence-electron chi connectivity index (χ3n) is 5.11. The fraction of sp³-hybridized carbons (Fsp3) is 1.00. The van der Waals surface area contributed by atoms with Crippen molar-refractivity contribution in [1.82, 2.24) is 15.1 Å². The highest BCUT2D eigenvalue weighted by Crippen LogP contribution is 2.41. The molecule has 0 aromatic rings. The van der Waals surface area contributed by atoms with Crippen LogP contribution in [0.3, 0.4) is 0 Å². The molecule has 1 fully saturated rings. The zero-order valence-electron chi connectivity index (χ0n) is 15.4. The predicted octanol–water partition coefficient (Wildman–Crippen LogP) is 3.06. The summed E-state index contributed by atoms with van der Waals surface area (Å²) in [6.45, 7) is 15.5. The lowest BCUT2D eigenvalue weighted by Crippen LogP contribution is -2.46. The summed E-state index contributed by atoms with van der Waals surface area (Å²) < 4.78 is 0. The molecular weight excluding hydrogens is 258 g/mol. The first kappa shape index (κ1) is 18.9. The van der Waals surface area contributed by atoms with E-state index >= 15 is 0 Å². The van der Waals surface area contributed by atoms with Gasteiger partial charge in [0.2, 0.25) is 0 Å². The Morgan fingerprint density at radius 1 is 1.14 bits per heavy atom. The van der Waals surface area contributed by atoms with Crippen LogP contribution in [0.15, 0.2) is 0 Å². The van der Waals surface area contributed by atoms with Gasteiger partial charge in [-0.25, -0.2) is 0 Å². The summed E-state index contributed by atoms with van der Waals surface area (Å²) in [6, 6.07) is 0.695. The molecule has 0 heterocycles. The maximum atomic E-state index is 3.84. The molecule has 0 radical (unpaired) electrons. The summed E-state index contributed by atoms with van der Waals surface area (Å²) in [5, 5.41) is 3.84. The normalized spacial score (nSPS) is 25.1. The lowest BCUT2D eigenvalue weighted by molar-refractivity contribution is 0.183. The van der Waals surface area contributed by atoms with Crippen LogP contribution >= 0.6 is 0 Å². The van der Waals surface area contributed by atoms with Crippen LogP contribution in [0.4, 0.5) is 0 Å². The maximum Gasteiger partial charge on any atom is 0.0159 e. The predicted molar refractivity (Wildman–Crippen MR) is 93.9 cm³/mol. The monoisotopic (exact) mass is 297 g/mol. The summed E-state index contributed by atoms with van der Waals surface area (Å²) in [7, 11) is 4.33. The topological polar surface area (TPSA) is 18.5 Å².